The summed E-state index contributed by atoms with van der Waals surface area (Å²) in [5.74, 6) is 2.74. The molecule has 0 amide bonds. The molecule has 0 saturated carbocycles. The quantitative estimate of drug-likeness (QED) is 0.533. The molecule has 0 saturated heterocycles. The maximum atomic E-state index is 5.65. The molecule has 3 aromatic rings. The van der Waals surface area contributed by atoms with E-state index in [9.17, 15) is 0 Å². The van der Waals surface area contributed by atoms with Gasteiger partial charge in [-0.3, -0.25) is 4.98 Å². The number of ether oxygens (including phenoxy) is 1. The number of para-hydroxylation sites is 2. The number of rotatable bonds is 2. The Morgan fingerprint density at radius 1 is 1.00 bits per heavy atom. The molecule has 0 radical (unpaired) electrons. The van der Waals surface area contributed by atoms with Gasteiger partial charge < -0.3 is 4.74 Å². The predicted octanol–water partition coefficient (Wildman–Crippen LogP) is 5.55. The Kier molecular flexibility index (Phi) is 9.25. The highest BCUT2D eigenvalue weighted by molar-refractivity contribution is 9.08. The molecule has 0 atom stereocenters. The molecule has 0 aliphatic heterocycles. The zero-order chi connectivity index (χ0) is 17.1. The summed E-state index contributed by atoms with van der Waals surface area (Å²) < 4.78 is 5.01. The van der Waals surface area contributed by atoms with Crippen LogP contribution < -0.4 is 4.74 Å². The largest absolute Gasteiger partial charge is 0.497 e. The Bertz CT molecular complexity index is 682. The summed E-state index contributed by atoms with van der Waals surface area (Å²) in [4.78, 5) is 8.16. The summed E-state index contributed by atoms with van der Waals surface area (Å²) in [6.45, 7) is 2.14. The maximum absolute atomic E-state index is 5.65. The highest BCUT2D eigenvalue weighted by Crippen LogP contribution is 2.11. The lowest BCUT2D eigenvalue weighted by atomic mass is 10.2. The van der Waals surface area contributed by atoms with Crippen molar-refractivity contribution in [3.63, 3.8) is 0 Å². The molecule has 5 heteroatoms. The van der Waals surface area contributed by atoms with Crippen LogP contribution in [0.3, 0.4) is 0 Å². The van der Waals surface area contributed by atoms with E-state index in [1.165, 1.54) is 5.56 Å². The first kappa shape index (κ1) is 19.4. The maximum Gasteiger partial charge on any atom is 0.148 e. The van der Waals surface area contributed by atoms with Crippen LogP contribution in [0.15, 0.2) is 54.7 Å². The van der Waals surface area contributed by atoms with Gasteiger partial charge in [0.1, 0.15) is 10.9 Å². The number of hydrogen-bond acceptors (Lipinski definition) is 3. The second kappa shape index (κ2) is 11.0. The van der Waals surface area contributed by atoms with Gasteiger partial charge >= 0.3 is 0 Å². The molecule has 3 nitrogen and oxygen atoms in total. The summed E-state index contributed by atoms with van der Waals surface area (Å²) in [5, 5.41) is 0.434. The van der Waals surface area contributed by atoms with Gasteiger partial charge in [-0.2, -0.15) is 0 Å². The molecule has 0 spiro atoms. The summed E-state index contributed by atoms with van der Waals surface area (Å²) in [5.41, 5.74) is 3.05. The Labute approximate surface area is 150 Å². The first-order valence-electron chi connectivity index (χ1n) is 7.11. The van der Waals surface area contributed by atoms with Gasteiger partial charge in [0.2, 0.25) is 0 Å². The van der Waals surface area contributed by atoms with E-state index in [1.54, 1.807) is 13.3 Å². The van der Waals surface area contributed by atoms with E-state index in [0.29, 0.717) is 5.15 Å². The van der Waals surface area contributed by atoms with Crippen LogP contribution in [0.1, 0.15) is 12.5 Å². The summed E-state index contributed by atoms with van der Waals surface area (Å²) >= 11 is 8.58. The highest BCUT2D eigenvalue weighted by atomic mass is 79.9. The molecule has 0 aliphatic rings. The second-order valence-corrected chi connectivity index (χ2v) is 4.77. The van der Waals surface area contributed by atoms with E-state index >= 15 is 0 Å². The van der Waals surface area contributed by atoms with Gasteiger partial charge in [0.25, 0.3) is 0 Å². The monoisotopic (exact) mass is 394 g/mol. The van der Waals surface area contributed by atoms with Crippen molar-refractivity contribution < 1.29 is 4.74 Å². The van der Waals surface area contributed by atoms with Gasteiger partial charge in [0.15, 0.2) is 0 Å². The lowest BCUT2D eigenvalue weighted by molar-refractivity contribution is 0.414. The molecule has 23 heavy (non-hydrogen) atoms. The molecule has 0 unspecified atom stereocenters. The van der Waals surface area contributed by atoms with E-state index < -0.39 is 0 Å². The highest BCUT2D eigenvalue weighted by Gasteiger charge is 1.94. The van der Waals surface area contributed by atoms with Crippen molar-refractivity contribution in [1.82, 2.24) is 9.97 Å². The van der Waals surface area contributed by atoms with E-state index in [0.717, 1.165) is 23.2 Å². The van der Waals surface area contributed by atoms with Crippen molar-refractivity contribution in [2.24, 2.45) is 0 Å². The minimum absolute atomic E-state index is 0.434. The molecule has 122 valence electrons. The van der Waals surface area contributed by atoms with Crippen molar-refractivity contribution in [3.05, 3.63) is 65.4 Å². The third kappa shape index (κ3) is 6.55. The lowest BCUT2D eigenvalue weighted by Crippen LogP contribution is -1.83. The van der Waals surface area contributed by atoms with Gasteiger partial charge in [-0.25, -0.2) is 4.98 Å². The zero-order valence-electron chi connectivity index (χ0n) is 13.5. The van der Waals surface area contributed by atoms with Gasteiger partial charge in [-0.15, -0.1) is 0 Å². The fraction of sp³-hybridized carbons (Fsp3) is 0.222. The van der Waals surface area contributed by atoms with Crippen molar-refractivity contribution >= 4 is 38.6 Å². The Morgan fingerprint density at radius 3 is 2.17 bits per heavy atom. The van der Waals surface area contributed by atoms with E-state index in [-0.39, 0.29) is 0 Å². The topological polar surface area (TPSA) is 35.0 Å². The van der Waals surface area contributed by atoms with Crippen molar-refractivity contribution in [2.45, 2.75) is 13.3 Å². The molecule has 0 N–H and O–H groups in total. The first-order valence-corrected chi connectivity index (χ1v) is 9.07. The number of benzene rings is 2. The smallest absolute Gasteiger partial charge is 0.148 e. The van der Waals surface area contributed by atoms with Crippen LogP contribution in [0.2, 0.25) is 5.15 Å². The van der Waals surface area contributed by atoms with Crippen LogP contribution in [0.5, 0.6) is 5.75 Å². The molecule has 2 aromatic carbocycles. The minimum Gasteiger partial charge on any atom is -0.497 e. The van der Waals surface area contributed by atoms with Gasteiger partial charge in [-0.05, 0) is 42.1 Å². The fourth-order valence-electron chi connectivity index (χ4n) is 1.80. The first-order chi connectivity index (χ1) is 11.2. The molecule has 0 bridgehead atoms. The molecular formula is C18H20BrClN2O. The Morgan fingerprint density at radius 2 is 1.61 bits per heavy atom. The SMILES string of the molecule is CBr.CCc1ccc(OC)cc1.Clc1cnc2ccccc2n1. The zero-order valence-corrected chi connectivity index (χ0v) is 15.8. The van der Waals surface area contributed by atoms with Crippen LogP contribution in [0.4, 0.5) is 0 Å². The fourth-order valence-corrected chi connectivity index (χ4v) is 1.94. The van der Waals surface area contributed by atoms with E-state index in [1.807, 2.05) is 42.2 Å². The van der Waals surface area contributed by atoms with Gasteiger partial charge in [0, 0.05) is 0 Å². The van der Waals surface area contributed by atoms with Crippen LogP contribution in [-0.4, -0.2) is 22.9 Å². The number of halogens is 2. The summed E-state index contributed by atoms with van der Waals surface area (Å²) in [7, 11) is 1.68. The predicted molar refractivity (Wildman–Crippen MR) is 102 cm³/mol. The van der Waals surface area contributed by atoms with Crippen LogP contribution in [-0.2, 0) is 6.42 Å². The van der Waals surface area contributed by atoms with Crippen LogP contribution in [0, 0.1) is 0 Å². The van der Waals surface area contributed by atoms with Crippen molar-refractivity contribution in [1.29, 1.82) is 0 Å². The molecular weight excluding hydrogens is 376 g/mol. The number of alkyl halides is 1. The Balaban J connectivity index is 0.000000209. The third-order valence-corrected chi connectivity index (χ3v) is 3.17. The molecule has 0 fully saturated rings. The summed E-state index contributed by atoms with van der Waals surface area (Å²) in [6, 6.07) is 15.8. The average Bonchev–Trinajstić information content (AvgIpc) is 2.64. The number of hydrogen-bond donors (Lipinski definition) is 0. The number of nitrogens with zero attached hydrogens (tertiary/aromatic N) is 2. The van der Waals surface area contributed by atoms with Crippen LogP contribution >= 0.6 is 27.5 Å². The summed E-state index contributed by atoms with van der Waals surface area (Å²) in [6.07, 6.45) is 2.63. The van der Waals surface area contributed by atoms with Gasteiger partial charge in [-0.1, -0.05) is 58.7 Å². The molecule has 1 aromatic heterocycles. The Hall–Kier alpha value is -1.65. The number of aromatic nitrogens is 2. The van der Waals surface area contributed by atoms with Crippen molar-refractivity contribution in [2.75, 3.05) is 12.9 Å². The van der Waals surface area contributed by atoms with Gasteiger partial charge in [0.05, 0.1) is 24.3 Å². The number of methoxy groups -OCH3 is 1. The lowest BCUT2D eigenvalue weighted by Gasteiger charge is -1.99. The standard InChI is InChI=1S/C9H12O.C8H5ClN2.CH3Br/c1-3-8-4-6-9(10-2)7-5-8;9-8-5-10-6-3-1-2-4-7(6)11-8;1-2/h4-7H,3H2,1-2H3;1-5H;1H3. The molecule has 3 rings (SSSR count). The minimum atomic E-state index is 0.434. The molecule has 1 heterocycles. The normalized spacial score (nSPS) is 9.26. The molecule has 0 aliphatic carbocycles. The second-order valence-electron chi connectivity index (χ2n) is 4.38. The third-order valence-electron chi connectivity index (χ3n) is 2.99. The van der Waals surface area contributed by atoms with E-state index in [4.69, 9.17) is 16.3 Å². The van der Waals surface area contributed by atoms with Crippen LogP contribution in [0.25, 0.3) is 11.0 Å². The average molecular weight is 396 g/mol. The van der Waals surface area contributed by atoms with Crippen molar-refractivity contribution in [3.8, 4) is 5.75 Å². The van der Waals surface area contributed by atoms with E-state index in [2.05, 4.69) is 45.0 Å². The number of fused-ring (bicyclic) bond motifs is 1. The number of aryl methyl sites for hydroxylation is 1.